The maximum absolute atomic E-state index is 10.3. The molecule has 0 spiro atoms. The van der Waals surface area contributed by atoms with Gasteiger partial charge in [0.25, 0.3) is 0 Å². The fourth-order valence-corrected chi connectivity index (χ4v) is 2.35. The van der Waals surface area contributed by atoms with Gasteiger partial charge in [0.05, 0.1) is 6.10 Å². The molecule has 1 N–H and O–H groups in total. The molecule has 0 radical (unpaired) electrons. The largest absolute Gasteiger partial charge is 0.387 e. The van der Waals surface area contributed by atoms with Gasteiger partial charge >= 0.3 is 0 Å². The Balaban J connectivity index is 1.96. The number of halogens is 1. The molecule has 0 aliphatic rings. The van der Waals surface area contributed by atoms with Crippen molar-refractivity contribution in [2.24, 2.45) is 0 Å². The SMILES string of the molecule is Cc1cc(C(O)CN(C)Cc2ccccc2)ccc1Cl. The third-order valence-electron chi connectivity index (χ3n) is 3.35. The highest BCUT2D eigenvalue weighted by molar-refractivity contribution is 6.31. The first-order chi connectivity index (χ1) is 9.56. The molecule has 0 fully saturated rings. The van der Waals surface area contributed by atoms with Gasteiger partial charge in [-0.25, -0.2) is 0 Å². The van der Waals surface area contributed by atoms with Gasteiger partial charge in [-0.3, -0.25) is 4.90 Å². The lowest BCUT2D eigenvalue weighted by Crippen LogP contribution is -2.24. The van der Waals surface area contributed by atoms with E-state index in [1.807, 2.05) is 50.4 Å². The fourth-order valence-electron chi connectivity index (χ4n) is 2.24. The first kappa shape index (κ1) is 15.0. The molecule has 2 aromatic carbocycles. The number of likely N-dealkylation sites (N-methyl/N-ethyl adjacent to an activating group) is 1. The maximum Gasteiger partial charge on any atom is 0.0917 e. The molecule has 0 aromatic heterocycles. The summed E-state index contributed by atoms with van der Waals surface area (Å²) in [6, 6.07) is 15.9. The van der Waals surface area contributed by atoms with E-state index in [0.717, 1.165) is 22.7 Å². The van der Waals surface area contributed by atoms with Gasteiger partial charge in [0.2, 0.25) is 0 Å². The van der Waals surface area contributed by atoms with Crippen molar-refractivity contribution in [3.63, 3.8) is 0 Å². The molecule has 0 amide bonds. The fraction of sp³-hybridized carbons (Fsp3) is 0.294. The normalized spacial score (nSPS) is 12.7. The minimum absolute atomic E-state index is 0.500. The van der Waals surface area contributed by atoms with Crippen molar-refractivity contribution in [1.29, 1.82) is 0 Å². The van der Waals surface area contributed by atoms with Crippen molar-refractivity contribution < 1.29 is 5.11 Å². The number of aliphatic hydroxyl groups is 1. The van der Waals surface area contributed by atoms with E-state index in [-0.39, 0.29) is 0 Å². The molecule has 0 aliphatic heterocycles. The van der Waals surface area contributed by atoms with E-state index in [1.165, 1.54) is 5.56 Å². The number of nitrogens with zero attached hydrogens (tertiary/aromatic N) is 1. The van der Waals surface area contributed by atoms with Crippen LogP contribution in [0.3, 0.4) is 0 Å². The zero-order chi connectivity index (χ0) is 14.5. The van der Waals surface area contributed by atoms with Crippen LogP contribution in [0, 0.1) is 6.92 Å². The average molecular weight is 290 g/mol. The molecule has 0 saturated carbocycles. The highest BCUT2D eigenvalue weighted by Gasteiger charge is 2.12. The summed E-state index contributed by atoms with van der Waals surface area (Å²) in [5.74, 6) is 0. The Labute approximate surface area is 125 Å². The van der Waals surface area contributed by atoms with Gasteiger partial charge in [0.15, 0.2) is 0 Å². The summed E-state index contributed by atoms with van der Waals surface area (Å²) in [5, 5.41) is 11.0. The van der Waals surface area contributed by atoms with Crippen LogP contribution in [0.5, 0.6) is 0 Å². The highest BCUT2D eigenvalue weighted by atomic mass is 35.5. The Bertz CT molecular complexity index is 556. The topological polar surface area (TPSA) is 23.5 Å². The van der Waals surface area contributed by atoms with Crippen LogP contribution in [0.1, 0.15) is 22.8 Å². The first-order valence-electron chi connectivity index (χ1n) is 6.73. The molecule has 2 nitrogen and oxygen atoms in total. The summed E-state index contributed by atoms with van der Waals surface area (Å²) in [7, 11) is 2.01. The molecule has 1 unspecified atom stereocenters. The van der Waals surface area contributed by atoms with Gasteiger partial charge in [-0.1, -0.05) is 54.1 Å². The monoisotopic (exact) mass is 289 g/mol. The minimum atomic E-state index is -0.500. The molecule has 1 atom stereocenters. The van der Waals surface area contributed by atoms with Crippen molar-refractivity contribution in [3.8, 4) is 0 Å². The van der Waals surface area contributed by atoms with Crippen molar-refractivity contribution in [2.75, 3.05) is 13.6 Å². The summed E-state index contributed by atoms with van der Waals surface area (Å²) in [6.45, 7) is 3.37. The molecule has 2 rings (SSSR count). The second-order valence-corrected chi connectivity index (χ2v) is 5.61. The molecule has 0 bridgehead atoms. The number of benzene rings is 2. The summed E-state index contributed by atoms with van der Waals surface area (Å²) in [4.78, 5) is 2.12. The van der Waals surface area contributed by atoms with E-state index in [0.29, 0.717) is 6.54 Å². The van der Waals surface area contributed by atoms with Crippen LogP contribution in [-0.2, 0) is 6.54 Å². The van der Waals surface area contributed by atoms with Gasteiger partial charge in [-0.2, -0.15) is 0 Å². The van der Waals surface area contributed by atoms with Gasteiger partial charge in [-0.05, 0) is 36.7 Å². The molecule has 106 valence electrons. The Hall–Kier alpha value is -1.35. The summed E-state index contributed by atoms with van der Waals surface area (Å²) >= 11 is 6.01. The smallest absolute Gasteiger partial charge is 0.0917 e. The molecular weight excluding hydrogens is 270 g/mol. The van der Waals surface area contributed by atoms with Crippen molar-refractivity contribution in [3.05, 3.63) is 70.2 Å². The predicted octanol–water partition coefficient (Wildman–Crippen LogP) is 3.81. The lowest BCUT2D eigenvalue weighted by atomic mass is 10.1. The van der Waals surface area contributed by atoms with Gasteiger partial charge in [0.1, 0.15) is 0 Å². The Morgan fingerprint density at radius 1 is 1.15 bits per heavy atom. The Morgan fingerprint density at radius 3 is 2.50 bits per heavy atom. The summed E-state index contributed by atoms with van der Waals surface area (Å²) < 4.78 is 0. The van der Waals surface area contributed by atoms with Crippen molar-refractivity contribution in [1.82, 2.24) is 4.90 Å². The average Bonchev–Trinajstić information content (AvgIpc) is 2.42. The summed E-state index contributed by atoms with van der Waals surface area (Å²) in [6.07, 6.45) is -0.500. The van der Waals surface area contributed by atoms with E-state index in [4.69, 9.17) is 11.6 Å². The molecule has 0 saturated heterocycles. The van der Waals surface area contributed by atoms with E-state index in [2.05, 4.69) is 17.0 Å². The van der Waals surface area contributed by atoms with Crippen molar-refractivity contribution in [2.45, 2.75) is 19.6 Å². The maximum atomic E-state index is 10.3. The third-order valence-corrected chi connectivity index (χ3v) is 3.77. The van der Waals surface area contributed by atoms with Crippen LogP contribution in [-0.4, -0.2) is 23.6 Å². The lowest BCUT2D eigenvalue weighted by Gasteiger charge is -2.21. The van der Waals surface area contributed by atoms with Crippen LogP contribution >= 0.6 is 11.6 Å². The van der Waals surface area contributed by atoms with Crippen molar-refractivity contribution >= 4 is 11.6 Å². The van der Waals surface area contributed by atoms with E-state index in [9.17, 15) is 5.11 Å². The zero-order valence-electron chi connectivity index (χ0n) is 11.9. The number of hydrogen-bond acceptors (Lipinski definition) is 2. The first-order valence-corrected chi connectivity index (χ1v) is 7.10. The molecule has 20 heavy (non-hydrogen) atoms. The van der Waals surface area contributed by atoms with Crippen LogP contribution in [0.25, 0.3) is 0 Å². The lowest BCUT2D eigenvalue weighted by molar-refractivity contribution is 0.124. The van der Waals surface area contributed by atoms with Gasteiger partial charge in [0, 0.05) is 18.1 Å². The van der Waals surface area contributed by atoms with E-state index < -0.39 is 6.10 Å². The molecule has 0 aliphatic carbocycles. The van der Waals surface area contributed by atoms with Crippen LogP contribution in [0.2, 0.25) is 5.02 Å². The van der Waals surface area contributed by atoms with Crippen LogP contribution in [0.15, 0.2) is 48.5 Å². The van der Waals surface area contributed by atoms with E-state index in [1.54, 1.807) is 0 Å². The molecule has 2 aromatic rings. The van der Waals surface area contributed by atoms with Crippen LogP contribution in [0.4, 0.5) is 0 Å². The molecule has 0 heterocycles. The predicted molar refractivity (Wildman–Crippen MR) is 83.9 cm³/mol. The number of aliphatic hydroxyl groups excluding tert-OH is 1. The van der Waals surface area contributed by atoms with Gasteiger partial charge < -0.3 is 5.11 Å². The van der Waals surface area contributed by atoms with E-state index >= 15 is 0 Å². The quantitative estimate of drug-likeness (QED) is 0.905. The zero-order valence-corrected chi connectivity index (χ0v) is 12.6. The highest BCUT2D eigenvalue weighted by Crippen LogP contribution is 2.21. The Kier molecular flexibility index (Phi) is 5.18. The number of aryl methyl sites for hydroxylation is 1. The van der Waals surface area contributed by atoms with Crippen LogP contribution < -0.4 is 0 Å². The van der Waals surface area contributed by atoms with Gasteiger partial charge in [-0.15, -0.1) is 0 Å². The number of hydrogen-bond donors (Lipinski definition) is 1. The second kappa shape index (κ2) is 6.89. The Morgan fingerprint density at radius 2 is 1.85 bits per heavy atom. The number of rotatable bonds is 5. The molecular formula is C17H20ClNO. The standard InChI is InChI=1S/C17H20ClNO/c1-13-10-15(8-9-16(13)18)17(20)12-19(2)11-14-6-4-3-5-7-14/h3-10,17,20H,11-12H2,1-2H3. The second-order valence-electron chi connectivity index (χ2n) is 5.21. The summed E-state index contributed by atoms with van der Waals surface area (Å²) in [5.41, 5.74) is 3.15. The molecule has 3 heteroatoms. The third kappa shape index (κ3) is 4.07. The minimum Gasteiger partial charge on any atom is -0.387 e.